The van der Waals surface area contributed by atoms with E-state index in [9.17, 15) is 9.59 Å². The fourth-order valence-corrected chi connectivity index (χ4v) is 4.36. The van der Waals surface area contributed by atoms with Crippen LogP contribution in [0.2, 0.25) is 0 Å². The monoisotopic (exact) mass is 413 g/mol. The number of hydrogen-bond donors (Lipinski definition) is 1. The summed E-state index contributed by atoms with van der Waals surface area (Å²) < 4.78 is 0. The van der Waals surface area contributed by atoms with Gasteiger partial charge in [-0.15, -0.1) is 0 Å². The van der Waals surface area contributed by atoms with Gasteiger partial charge in [0.25, 0.3) is 0 Å². The summed E-state index contributed by atoms with van der Waals surface area (Å²) in [5.41, 5.74) is 3.01. The van der Waals surface area contributed by atoms with Gasteiger partial charge < -0.3 is 5.32 Å². The van der Waals surface area contributed by atoms with Crippen molar-refractivity contribution in [2.75, 3.05) is 18.4 Å². The molecule has 1 aliphatic rings. The van der Waals surface area contributed by atoms with Crippen molar-refractivity contribution in [2.45, 2.75) is 31.7 Å². The summed E-state index contributed by atoms with van der Waals surface area (Å²) in [5, 5.41) is 2.80. The summed E-state index contributed by atoms with van der Waals surface area (Å²) in [5.74, 6) is 0.0869. The van der Waals surface area contributed by atoms with Crippen LogP contribution in [-0.2, 0) is 16.8 Å². The molecule has 1 saturated heterocycles. The lowest BCUT2D eigenvalue weighted by Crippen LogP contribution is -2.47. The van der Waals surface area contributed by atoms with E-state index in [2.05, 4.69) is 15.2 Å². The normalized spacial score (nSPS) is 15.9. The van der Waals surface area contributed by atoms with E-state index in [0.717, 1.165) is 49.4 Å². The van der Waals surface area contributed by atoms with Crippen LogP contribution in [0.5, 0.6) is 0 Å². The molecule has 0 saturated carbocycles. The lowest BCUT2D eigenvalue weighted by atomic mass is 9.70. The van der Waals surface area contributed by atoms with Crippen LogP contribution >= 0.6 is 0 Å². The summed E-state index contributed by atoms with van der Waals surface area (Å²) in [6, 6.07) is 23.3. The van der Waals surface area contributed by atoms with Crippen LogP contribution in [0.1, 0.15) is 41.4 Å². The molecule has 2 aromatic carbocycles. The molecule has 0 spiro atoms. The van der Waals surface area contributed by atoms with Gasteiger partial charge in [-0.05, 0) is 55.8 Å². The van der Waals surface area contributed by atoms with E-state index >= 15 is 0 Å². The number of nitrogens with one attached hydrogen (secondary N) is 1. The molecule has 0 radical (unpaired) electrons. The molecule has 2 heterocycles. The number of likely N-dealkylation sites (tertiary alicyclic amines) is 1. The highest BCUT2D eigenvalue weighted by Crippen LogP contribution is 2.38. The maximum Gasteiger partial charge on any atom is 0.221 e. The zero-order chi connectivity index (χ0) is 21.7. The summed E-state index contributed by atoms with van der Waals surface area (Å²) >= 11 is 0. The average Bonchev–Trinajstić information content (AvgIpc) is 2.81. The van der Waals surface area contributed by atoms with Crippen molar-refractivity contribution < 1.29 is 9.59 Å². The Morgan fingerprint density at radius 3 is 2.23 bits per heavy atom. The molecule has 3 aromatic rings. The Balaban J connectivity index is 1.50. The zero-order valence-corrected chi connectivity index (χ0v) is 17.8. The maximum absolute atomic E-state index is 13.6. The largest absolute Gasteiger partial charge is 0.326 e. The molecule has 1 aromatic heterocycles. The first-order valence-electron chi connectivity index (χ1n) is 10.7. The molecule has 1 amide bonds. The predicted molar refractivity (Wildman–Crippen MR) is 122 cm³/mol. The molecular weight excluding hydrogens is 386 g/mol. The summed E-state index contributed by atoms with van der Waals surface area (Å²) in [7, 11) is 0. The molecule has 0 bridgehead atoms. The van der Waals surface area contributed by atoms with Gasteiger partial charge in [0, 0.05) is 30.9 Å². The fourth-order valence-electron chi connectivity index (χ4n) is 4.36. The van der Waals surface area contributed by atoms with Crippen LogP contribution < -0.4 is 5.32 Å². The van der Waals surface area contributed by atoms with Crippen molar-refractivity contribution in [3.8, 4) is 0 Å². The second-order valence-corrected chi connectivity index (χ2v) is 8.15. The first kappa shape index (κ1) is 20.9. The number of benzene rings is 2. The van der Waals surface area contributed by atoms with Gasteiger partial charge in [-0.25, -0.2) is 0 Å². The Morgan fingerprint density at radius 2 is 1.61 bits per heavy atom. The topological polar surface area (TPSA) is 62.3 Å². The minimum Gasteiger partial charge on any atom is -0.326 e. The predicted octanol–water partition coefficient (Wildman–Crippen LogP) is 4.46. The Hall–Kier alpha value is -3.31. The number of piperidine rings is 1. The highest BCUT2D eigenvalue weighted by molar-refractivity contribution is 6.04. The van der Waals surface area contributed by atoms with Gasteiger partial charge in [-0.3, -0.25) is 19.5 Å². The van der Waals surface area contributed by atoms with Gasteiger partial charge in [0.1, 0.15) is 0 Å². The van der Waals surface area contributed by atoms with E-state index in [0.29, 0.717) is 0 Å². The number of carbonyl (C=O) groups is 2. The molecule has 1 fully saturated rings. The second-order valence-electron chi connectivity index (χ2n) is 8.15. The molecule has 5 nitrogen and oxygen atoms in total. The Bertz CT molecular complexity index is 1030. The van der Waals surface area contributed by atoms with Crippen LogP contribution in [0.3, 0.4) is 0 Å². The van der Waals surface area contributed by atoms with E-state index in [1.54, 1.807) is 6.20 Å². The number of Topliss-reactive ketones (excluding diaryl/α,β-unsaturated/α-hetero) is 1. The zero-order valence-electron chi connectivity index (χ0n) is 17.8. The second kappa shape index (κ2) is 9.23. The first-order chi connectivity index (χ1) is 15.1. The van der Waals surface area contributed by atoms with E-state index in [4.69, 9.17) is 0 Å². The number of amides is 1. The molecular formula is C26H27N3O2. The van der Waals surface area contributed by atoms with Gasteiger partial charge in [0.15, 0.2) is 5.78 Å². The highest BCUT2D eigenvalue weighted by atomic mass is 16.1. The molecule has 0 atom stereocenters. The molecule has 4 rings (SSSR count). The van der Waals surface area contributed by atoms with Crippen LogP contribution in [0.4, 0.5) is 5.69 Å². The maximum atomic E-state index is 13.6. The Kier molecular flexibility index (Phi) is 6.23. The summed E-state index contributed by atoms with van der Waals surface area (Å²) in [4.78, 5) is 31.8. The number of aromatic nitrogens is 1. The number of hydrogen-bond acceptors (Lipinski definition) is 4. The molecule has 1 aliphatic heterocycles. The third kappa shape index (κ3) is 4.72. The number of rotatable bonds is 6. The Morgan fingerprint density at radius 1 is 0.935 bits per heavy atom. The van der Waals surface area contributed by atoms with Crippen molar-refractivity contribution in [1.82, 2.24) is 9.88 Å². The van der Waals surface area contributed by atoms with Crippen LogP contribution in [0.25, 0.3) is 0 Å². The van der Waals surface area contributed by atoms with Crippen molar-refractivity contribution in [2.24, 2.45) is 0 Å². The number of nitrogens with zero attached hydrogens (tertiary/aromatic N) is 2. The van der Waals surface area contributed by atoms with Gasteiger partial charge in [-0.2, -0.15) is 0 Å². The van der Waals surface area contributed by atoms with Crippen molar-refractivity contribution in [3.63, 3.8) is 0 Å². The number of ketones is 1. The van der Waals surface area contributed by atoms with E-state index < -0.39 is 5.41 Å². The third-order valence-corrected chi connectivity index (χ3v) is 6.02. The molecule has 0 aliphatic carbocycles. The fraction of sp³-hybridized carbons (Fsp3) is 0.269. The van der Waals surface area contributed by atoms with E-state index in [-0.39, 0.29) is 11.7 Å². The van der Waals surface area contributed by atoms with Gasteiger partial charge in [0.05, 0.1) is 11.1 Å². The van der Waals surface area contributed by atoms with E-state index in [1.165, 1.54) is 12.5 Å². The van der Waals surface area contributed by atoms with Gasteiger partial charge in [-0.1, -0.05) is 48.5 Å². The van der Waals surface area contributed by atoms with E-state index in [1.807, 2.05) is 72.8 Å². The SMILES string of the molecule is CC(=O)Nc1ccc(CN2CCC(C(=O)c3ccccc3)(c3ccccn3)CC2)cc1. The van der Waals surface area contributed by atoms with Crippen LogP contribution in [0.15, 0.2) is 79.0 Å². The van der Waals surface area contributed by atoms with Crippen molar-refractivity contribution in [1.29, 1.82) is 0 Å². The number of pyridine rings is 1. The average molecular weight is 414 g/mol. The first-order valence-corrected chi connectivity index (χ1v) is 10.7. The molecule has 1 N–H and O–H groups in total. The minimum absolute atomic E-state index is 0.0716. The van der Waals surface area contributed by atoms with Gasteiger partial charge >= 0.3 is 0 Å². The molecule has 31 heavy (non-hydrogen) atoms. The standard InChI is InChI=1S/C26H27N3O2/c1-20(30)28-23-12-10-21(11-13-23)19-29-17-14-26(15-18-29,24-9-5-6-16-27-24)25(31)22-7-3-2-4-8-22/h2-13,16H,14-15,17-19H2,1H3,(H,28,30). The summed E-state index contributed by atoms with van der Waals surface area (Å²) in [6.45, 7) is 3.97. The smallest absolute Gasteiger partial charge is 0.221 e. The summed E-state index contributed by atoms with van der Waals surface area (Å²) in [6.07, 6.45) is 3.25. The molecule has 158 valence electrons. The molecule has 0 unspecified atom stereocenters. The Labute approximate surface area is 183 Å². The minimum atomic E-state index is -0.589. The number of carbonyl (C=O) groups excluding carboxylic acids is 2. The van der Waals surface area contributed by atoms with Crippen molar-refractivity contribution >= 4 is 17.4 Å². The third-order valence-electron chi connectivity index (χ3n) is 6.02. The lowest BCUT2D eigenvalue weighted by Gasteiger charge is -2.40. The van der Waals surface area contributed by atoms with Crippen LogP contribution in [0, 0.1) is 0 Å². The molecule has 5 heteroatoms. The highest BCUT2D eigenvalue weighted by Gasteiger charge is 2.44. The lowest BCUT2D eigenvalue weighted by molar-refractivity contribution is -0.114. The quantitative estimate of drug-likeness (QED) is 0.606. The van der Waals surface area contributed by atoms with Gasteiger partial charge in [0.2, 0.25) is 5.91 Å². The van der Waals surface area contributed by atoms with Crippen molar-refractivity contribution in [3.05, 3.63) is 95.8 Å². The van der Waals surface area contributed by atoms with Crippen LogP contribution in [-0.4, -0.2) is 34.7 Å². The number of anilines is 1.